The van der Waals surface area contributed by atoms with Crippen LogP contribution in [0.25, 0.3) is 0 Å². The predicted molar refractivity (Wildman–Crippen MR) is 64.4 cm³/mol. The Balaban J connectivity index is 2.21. The molecule has 92 valence electrons. The van der Waals surface area contributed by atoms with E-state index in [4.69, 9.17) is 5.14 Å². The molecule has 6 heteroatoms. The number of aromatic nitrogens is 1. The number of rotatable bonds is 7. The van der Waals surface area contributed by atoms with Crippen LogP contribution in [0, 0.1) is 0 Å². The van der Waals surface area contributed by atoms with Gasteiger partial charge in [-0.05, 0) is 32.0 Å². The molecule has 1 aromatic heterocycles. The quantitative estimate of drug-likeness (QED) is 0.677. The lowest BCUT2D eigenvalue weighted by Crippen LogP contribution is -2.22. The fourth-order valence-corrected chi connectivity index (χ4v) is 2.08. The van der Waals surface area contributed by atoms with E-state index >= 15 is 0 Å². The molecule has 0 spiro atoms. The first-order valence-electron chi connectivity index (χ1n) is 5.38. The van der Waals surface area contributed by atoms with E-state index in [2.05, 4.69) is 22.9 Å². The highest BCUT2D eigenvalue weighted by Crippen LogP contribution is 2.01. The average Bonchev–Trinajstić information content (AvgIpc) is 2.63. The summed E-state index contributed by atoms with van der Waals surface area (Å²) >= 11 is 0. The van der Waals surface area contributed by atoms with Crippen LogP contribution in [0.1, 0.15) is 19.0 Å². The molecular formula is C10H19N3O2S. The molecule has 0 aliphatic carbocycles. The van der Waals surface area contributed by atoms with Gasteiger partial charge in [0.05, 0.1) is 5.75 Å². The number of aryl methyl sites for hydroxylation is 1. The first-order valence-corrected chi connectivity index (χ1v) is 7.09. The van der Waals surface area contributed by atoms with E-state index in [0.29, 0.717) is 13.0 Å². The lowest BCUT2D eigenvalue weighted by atomic mass is 10.4. The van der Waals surface area contributed by atoms with Crippen LogP contribution in [-0.4, -0.2) is 25.3 Å². The van der Waals surface area contributed by atoms with Gasteiger partial charge in [-0.2, -0.15) is 0 Å². The van der Waals surface area contributed by atoms with Crippen LogP contribution < -0.4 is 10.5 Å². The van der Waals surface area contributed by atoms with Crippen molar-refractivity contribution in [2.75, 3.05) is 12.3 Å². The third-order valence-electron chi connectivity index (χ3n) is 2.35. The maximum absolute atomic E-state index is 10.7. The molecule has 0 aliphatic heterocycles. The van der Waals surface area contributed by atoms with E-state index < -0.39 is 10.0 Å². The van der Waals surface area contributed by atoms with Gasteiger partial charge in [-0.15, -0.1) is 0 Å². The lowest BCUT2D eigenvalue weighted by Gasteiger charge is -2.07. The molecule has 0 unspecified atom stereocenters. The van der Waals surface area contributed by atoms with Gasteiger partial charge < -0.3 is 9.88 Å². The molecule has 0 saturated heterocycles. The van der Waals surface area contributed by atoms with Gasteiger partial charge in [0.15, 0.2) is 0 Å². The summed E-state index contributed by atoms with van der Waals surface area (Å²) in [5, 5.41) is 8.09. The second-order valence-electron chi connectivity index (χ2n) is 3.68. The Bertz CT molecular complexity index is 411. The summed E-state index contributed by atoms with van der Waals surface area (Å²) in [6.45, 7) is 4.45. The molecule has 0 saturated carbocycles. The second-order valence-corrected chi connectivity index (χ2v) is 5.42. The predicted octanol–water partition coefficient (Wildman–Crippen LogP) is 0.276. The standard InChI is InChI=1S/C10H19N3O2S/c1-2-13-7-3-5-10(13)9-12-6-4-8-16(11,14)15/h3,5,7,12H,2,4,6,8-9H2,1H3,(H2,11,14,15). The van der Waals surface area contributed by atoms with Gasteiger partial charge in [-0.25, -0.2) is 13.6 Å². The molecule has 1 aromatic rings. The van der Waals surface area contributed by atoms with E-state index in [1.165, 1.54) is 5.69 Å². The summed E-state index contributed by atoms with van der Waals surface area (Å²) < 4.78 is 23.5. The number of sulfonamides is 1. The van der Waals surface area contributed by atoms with Gasteiger partial charge in [0.2, 0.25) is 10.0 Å². The molecule has 0 aliphatic rings. The van der Waals surface area contributed by atoms with Crippen molar-refractivity contribution in [3.05, 3.63) is 24.0 Å². The van der Waals surface area contributed by atoms with Gasteiger partial charge in [-0.3, -0.25) is 0 Å². The third-order valence-corrected chi connectivity index (χ3v) is 3.21. The summed E-state index contributed by atoms with van der Waals surface area (Å²) in [5.74, 6) is 0.0365. The van der Waals surface area contributed by atoms with E-state index in [1.807, 2.05) is 12.3 Å². The summed E-state index contributed by atoms with van der Waals surface area (Å²) in [5.41, 5.74) is 1.21. The highest BCUT2D eigenvalue weighted by Gasteiger charge is 2.02. The topological polar surface area (TPSA) is 77.1 Å². The van der Waals surface area contributed by atoms with Crippen molar-refractivity contribution >= 4 is 10.0 Å². The molecule has 0 radical (unpaired) electrons. The summed E-state index contributed by atoms with van der Waals surface area (Å²) in [6.07, 6.45) is 2.58. The molecule has 16 heavy (non-hydrogen) atoms. The minimum Gasteiger partial charge on any atom is -0.351 e. The fraction of sp³-hybridized carbons (Fsp3) is 0.600. The van der Waals surface area contributed by atoms with E-state index in [0.717, 1.165) is 13.1 Å². The number of hydrogen-bond donors (Lipinski definition) is 2. The molecule has 1 heterocycles. The summed E-state index contributed by atoms with van der Waals surface area (Å²) in [6, 6.07) is 4.06. The van der Waals surface area contributed by atoms with Crippen LogP contribution in [0.5, 0.6) is 0 Å². The Morgan fingerprint density at radius 1 is 1.50 bits per heavy atom. The van der Waals surface area contributed by atoms with Crippen molar-refractivity contribution in [3.8, 4) is 0 Å². The van der Waals surface area contributed by atoms with Crippen molar-refractivity contribution in [1.29, 1.82) is 0 Å². The van der Waals surface area contributed by atoms with Gasteiger partial charge >= 0.3 is 0 Å². The Kier molecular flexibility index (Phi) is 4.98. The first-order chi connectivity index (χ1) is 7.53. The zero-order valence-corrected chi connectivity index (χ0v) is 10.3. The molecular weight excluding hydrogens is 226 g/mol. The molecule has 3 N–H and O–H groups in total. The van der Waals surface area contributed by atoms with Gasteiger partial charge in [-0.1, -0.05) is 0 Å². The maximum atomic E-state index is 10.7. The number of nitrogens with zero attached hydrogens (tertiary/aromatic N) is 1. The monoisotopic (exact) mass is 245 g/mol. The molecule has 0 aromatic carbocycles. The maximum Gasteiger partial charge on any atom is 0.209 e. The SMILES string of the molecule is CCn1cccc1CNCCCS(N)(=O)=O. The van der Waals surface area contributed by atoms with Crippen molar-refractivity contribution in [1.82, 2.24) is 9.88 Å². The number of primary sulfonamides is 1. The Morgan fingerprint density at radius 2 is 2.25 bits per heavy atom. The summed E-state index contributed by atoms with van der Waals surface area (Å²) in [4.78, 5) is 0. The zero-order valence-electron chi connectivity index (χ0n) is 9.52. The molecule has 0 atom stereocenters. The van der Waals surface area contributed by atoms with Crippen LogP contribution in [0.15, 0.2) is 18.3 Å². The molecule has 0 amide bonds. The first kappa shape index (κ1) is 13.2. The fourth-order valence-electron chi connectivity index (χ4n) is 1.53. The third kappa shape index (κ3) is 4.78. The smallest absolute Gasteiger partial charge is 0.209 e. The molecule has 0 bridgehead atoms. The van der Waals surface area contributed by atoms with Crippen LogP contribution in [0.2, 0.25) is 0 Å². The number of nitrogens with two attached hydrogens (primary N) is 1. The normalized spacial score (nSPS) is 11.9. The minimum atomic E-state index is -3.32. The van der Waals surface area contributed by atoms with Crippen molar-refractivity contribution in [2.24, 2.45) is 5.14 Å². The Morgan fingerprint density at radius 3 is 2.88 bits per heavy atom. The van der Waals surface area contributed by atoms with E-state index in [9.17, 15) is 8.42 Å². The largest absolute Gasteiger partial charge is 0.351 e. The summed E-state index contributed by atoms with van der Waals surface area (Å²) in [7, 11) is -3.32. The van der Waals surface area contributed by atoms with Gasteiger partial charge in [0.25, 0.3) is 0 Å². The van der Waals surface area contributed by atoms with E-state index in [1.54, 1.807) is 0 Å². The zero-order chi connectivity index (χ0) is 12.0. The number of nitrogens with one attached hydrogen (secondary N) is 1. The molecule has 0 fully saturated rings. The van der Waals surface area contributed by atoms with Gasteiger partial charge in [0, 0.05) is 25.0 Å². The highest BCUT2D eigenvalue weighted by molar-refractivity contribution is 7.89. The second kappa shape index (κ2) is 6.03. The van der Waals surface area contributed by atoms with Crippen LogP contribution in [0.4, 0.5) is 0 Å². The van der Waals surface area contributed by atoms with Crippen molar-refractivity contribution in [2.45, 2.75) is 26.4 Å². The Hall–Kier alpha value is -0.850. The van der Waals surface area contributed by atoms with Crippen LogP contribution >= 0.6 is 0 Å². The number of hydrogen-bond acceptors (Lipinski definition) is 3. The highest BCUT2D eigenvalue weighted by atomic mass is 32.2. The lowest BCUT2D eigenvalue weighted by molar-refractivity contribution is 0.586. The molecule has 5 nitrogen and oxygen atoms in total. The Labute approximate surface area is 96.7 Å². The van der Waals surface area contributed by atoms with Crippen LogP contribution in [-0.2, 0) is 23.1 Å². The van der Waals surface area contributed by atoms with E-state index in [-0.39, 0.29) is 5.75 Å². The minimum absolute atomic E-state index is 0.0365. The van der Waals surface area contributed by atoms with Crippen LogP contribution in [0.3, 0.4) is 0 Å². The van der Waals surface area contributed by atoms with Gasteiger partial charge in [0.1, 0.15) is 0 Å². The molecule has 1 rings (SSSR count). The van der Waals surface area contributed by atoms with Crippen molar-refractivity contribution in [3.63, 3.8) is 0 Å². The average molecular weight is 245 g/mol. The van der Waals surface area contributed by atoms with Crippen molar-refractivity contribution < 1.29 is 8.42 Å².